The fourth-order valence-corrected chi connectivity index (χ4v) is 2.28. The molecule has 1 rings (SSSR count). The molecule has 1 unspecified atom stereocenters. The van der Waals surface area contributed by atoms with E-state index in [0.29, 0.717) is 11.5 Å². The molecule has 0 aromatic heterocycles. The lowest BCUT2D eigenvalue weighted by molar-refractivity contribution is 0.0197. The van der Waals surface area contributed by atoms with Crippen molar-refractivity contribution in [1.29, 1.82) is 0 Å². The van der Waals surface area contributed by atoms with Crippen molar-refractivity contribution < 1.29 is 4.74 Å². The van der Waals surface area contributed by atoms with Crippen LogP contribution in [-0.2, 0) is 4.74 Å². The van der Waals surface area contributed by atoms with Crippen LogP contribution in [0.4, 0.5) is 0 Å². The van der Waals surface area contributed by atoms with Gasteiger partial charge in [0.15, 0.2) is 0 Å². The van der Waals surface area contributed by atoms with Gasteiger partial charge in [0.05, 0.1) is 6.10 Å². The Labute approximate surface area is 94.8 Å². The summed E-state index contributed by atoms with van der Waals surface area (Å²) < 4.78 is 5.39. The van der Waals surface area contributed by atoms with Gasteiger partial charge in [0.1, 0.15) is 0 Å². The lowest BCUT2D eigenvalue weighted by Crippen LogP contribution is -2.48. The maximum absolute atomic E-state index is 5.39. The minimum absolute atomic E-state index is 0.235. The molecule has 1 fully saturated rings. The average Bonchev–Trinajstić information content (AvgIpc) is 2.07. The van der Waals surface area contributed by atoms with E-state index in [9.17, 15) is 0 Å². The molecule has 1 aliphatic carbocycles. The maximum Gasteiger partial charge on any atom is 0.0549 e. The van der Waals surface area contributed by atoms with Gasteiger partial charge in [0, 0.05) is 19.2 Å². The number of hydrogen-bond acceptors (Lipinski definition) is 2. The van der Waals surface area contributed by atoms with Crippen LogP contribution in [-0.4, -0.2) is 25.3 Å². The summed E-state index contributed by atoms with van der Waals surface area (Å²) in [7, 11) is 1.81. The van der Waals surface area contributed by atoms with Gasteiger partial charge in [0.2, 0.25) is 0 Å². The summed E-state index contributed by atoms with van der Waals surface area (Å²) >= 11 is 0. The molecule has 0 saturated heterocycles. The Bertz CT molecular complexity index is 191. The van der Waals surface area contributed by atoms with Crippen molar-refractivity contribution in [3.8, 4) is 0 Å². The zero-order valence-corrected chi connectivity index (χ0v) is 11.0. The number of nitrogens with one attached hydrogen (secondary N) is 1. The molecule has 0 aromatic rings. The Morgan fingerprint density at radius 1 is 1.33 bits per heavy atom. The minimum Gasteiger partial charge on any atom is -0.382 e. The highest BCUT2D eigenvalue weighted by atomic mass is 16.5. The normalized spacial score (nSPS) is 22.2. The van der Waals surface area contributed by atoms with E-state index < -0.39 is 0 Å². The van der Waals surface area contributed by atoms with E-state index in [-0.39, 0.29) is 5.54 Å². The predicted octanol–water partition coefficient (Wildman–Crippen LogP) is 2.97. The lowest BCUT2D eigenvalue weighted by Gasteiger charge is -2.45. The van der Waals surface area contributed by atoms with Gasteiger partial charge in [-0.1, -0.05) is 6.42 Å². The molecule has 2 heteroatoms. The van der Waals surface area contributed by atoms with Crippen molar-refractivity contribution in [2.75, 3.05) is 13.7 Å². The van der Waals surface area contributed by atoms with Gasteiger partial charge in [-0.3, -0.25) is 0 Å². The van der Waals surface area contributed by atoms with E-state index in [4.69, 9.17) is 4.74 Å². The molecule has 2 nitrogen and oxygen atoms in total. The van der Waals surface area contributed by atoms with Crippen molar-refractivity contribution in [3.63, 3.8) is 0 Å². The van der Waals surface area contributed by atoms with Crippen LogP contribution in [0.15, 0.2) is 0 Å². The second-order valence-corrected chi connectivity index (χ2v) is 6.21. The first-order chi connectivity index (χ1) is 6.87. The van der Waals surface area contributed by atoms with Gasteiger partial charge in [0.25, 0.3) is 0 Å². The van der Waals surface area contributed by atoms with E-state index in [1.165, 1.54) is 25.7 Å². The van der Waals surface area contributed by atoms with Crippen LogP contribution >= 0.6 is 0 Å². The third-order valence-electron chi connectivity index (χ3n) is 3.53. The molecule has 0 amide bonds. The number of hydrogen-bond donors (Lipinski definition) is 1. The molecule has 1 atom stereocenters. The van der Waals surface area contributed by atoms with Crippen LogP contribution in [0.25, 0.3) is 0 Å². The van der Waals surface area contributed by atoms with Crippen molar-refractivity contribution in [2.24, 2.45) is 5.41 Å². The highest BCUT2D eigenvalue weighted by Crippen LogP contribution is 2.44. The molecule has 0 heterocycles. The maximum atomic E-state index is 5.39. The Hall–Kier alpha value is -0.0800. The molecule has 1 aliphatic rings. The SMILES string of the molecule is COC(C)CC1(CNC(C)(C)C)CCC1. The van der Waals surface area contributed by atoms with E-state index in [0.717, 1.165) is 6.54 Å². The van der Waals surface area contributed by atoms with E-state index >= 15 is 0 Å². The average molecular weight is 213 g/mol. The highest BCUT2D eigenvalue weighted by Gasteiger charge is 2.38. The van der Waals surface area contributed by atoms with Gasteiger partial charge in [-0.2, -0.15) is 0 Å². The van der Waals surface area contributed by atoms with Crippen molar-refractivity contribution >= 4 is 0 Å². The predicted molar refractivity (Wildman–Crippen MR) is 65.1 cm³/mol. The summed E-state index contributed by atoms with van der Waals surface area (Å²) in [4.78, 5) is 0. The van der Waals surface area contributed by atoms with Crippen molar-refractivity contribution in [2.45, 2.75) is 65.0 Å². The number of rotatable bonds is 5. The van der Waals surface area contributed by atoms with E-state index in [2.05, 4.69) is 33.0 Å². The summed E-state index contributed by atoms with van der Waals surface area (Å²) in [5.41, 5.74) is 0.752. The molecule has 1 N–H and O–H groups in total. The van der Waals surface area contributed by atoms with Crippen LogP contribution in [0.3, 0.4) is 0 Å². The van der Waals surface area contributed by atoms with E-state index in [1.807, 2.05) is 7.11 Å². The fourth-order valence-electron chi connectivity index (χ4n) is 2.28. The zero-order valence-electron chi connectivity index (χ0n) is 11.0. The summed E-state index contributed by atoms with van der Waals surface area (Å²) in [6.45, 7) is 10.0. The molecular formula is C13H27NO. The first kappa shape index (κ1) is 13.0. The Morgan fingerprint density at radius 2 is 1.93 bits per heavy atom. The van der Waals surface area contributed by atoms with Gasteiger partial charge in [-0.05, 0) is 52.4 Å². The second-order valence-electron chi connectivity index (χ2n) is 6.21. The molecule has 0 spiro atoms. The van der Waals surface area contributed by atoms with Gasteiger partial charge in [-0.15, -0.1) is 0 Å². The molecule has 0 aliphatic heterocycles. The summed E-state index contributed by atoms with van der Waals surface area (Å²) in [6.07, 6.45) is 5.72. The molecule has 0 aromatic carbocycles. The van der Waals surface area contributed by atoms with Crippen LogP contribution in [0.1, 0.15) is 53.4 Å². The van der Waals surface area contributed by atoms with Gasteiger partial charge >= 0.3 is 0 Å². The monoisotopic (exact) mass is 213 g/mol. The van der Waals surface area contributed by atoms with Crippen molar-refractivity contribution in [3.05, 3.63) is 0 Å². The molecule has 90 valence electrons. The minimum atomic E-state index is 0.235. The summed E-state index contributed by atoms with van der Waals surface area (Å²) in [5.74, 6) is 0. The first-order valence-electron chi connectivity index (χ1n) is 6.15. The lowest BCUT2D eigenvalue weighted by atomic mass is 9.65. The smallest absolute Gasteiger partial charge is 0.0549 e. The van der Waals surface area contributed by atoms with Crippen molar-refractivity contribution in [1.82, 2.24) is 5.32 Å². The third-order valence-corrected chi connectivity index (χ3v) is 3.53. The molecular weight excluding hydrogens is 186 g/mol. The van der Waals surface area contributed by atoms with Crippen LogP contribution < -0.4 is 5.32 Å². The number of methoxy groups -OCH3 is 1. The zero-order chi connectivity index (χ0) is 11.5. The summed E-state index contributed by atoms with van der Waals surface area (Å²) in [5, 5.41) is 3.64. The second kappa shape index (κ2) is 4.84. The first-order valence-corrected chi connectivity index (χ1v) is 6.15. The molecule has 0 bridgehead atoms. The highest BCUT2D eigenvalue weighted by molar-refractivity contribution is 4.92. The van der Waals surface area contributed by atoms with E-state index in [1.54, 1.807) is 0 Å². The third kappa shape index (κ3) is 4.12. The quantitative estimate of drug-likeness (QED) is 0.758. The van der Waals surface area contributed by atoms with Crippen LogP contribution in [0, 0.1) is 5.41 Å². The van der Waals surface area contributed by atoms with Gasteiger partial charge in [-0.25, -0.2) is 0 Å². The Morgan fingerprint density at radius 3 is 2.27 bits per heavy atom. The van der Waals surface area contributed by atoms with Crippen LogP contribution in [0.5, 0.6) is 0 Å². The molecule has 1 saturated carbocycles. The standard InChI is InChI=1S/C13H27NO/c1-11(15-5)9-13(7-6-8-13)10-14-12(2,3)4/h11,14H,6-10H2,1-5H3. The van der Waals surface area contributed by atoms with Crippen LogP contribution in [0.2, 0.25) is 0 Å². The molecule has 15 heavy (non-hydrogen) atoms. The fraction of sp³-hybridized carbons (Fsp3) is 1.00. The topological polar surface area (TPSA) is 21.3 Å². The Balaban J connectivity index is 2.40. The largest absolute Gasteiger partial charge is 0.382 e. The van der Waals surface area contributed by atoms with Gasteiger partial charge < -0.3 is 10.1 Å². The number of ether oxygens (including phenoxy) is 1. The Kier molecular flexibility index (Phi) is 4.19. The molecule has 0 radical (unpaired) electrons. The summed E-state index contributed by atoms with van der Waals surface area (Å²) in [6, 6.07) is 0.